The maximum atomic E-state index is 13.4. The Morgan fingerprint density at radius 2 is 1.82 bits per heavy atom. The highest BCUT2D eigenvalue weighted by Crippen LogP contribution is 2.15. The fraction of sp³-hybridized carbons (Fsp3) is 0.360. The van der Waals surface area contributed by atoms with Crippen LogP contribution >= 0.6 is 0 Å². The van der Waals surface area contributed by atoms with E-state index in [4.69, 9.17) is 0 Å². The summed E-state index contributed by atoms with van der Waals surface area (Å²) < 4.78 is 4.35. The highest BCUT2D eigenvalue weighted by Gasteiger charge is 2.19. The minimum absolute atomic E-state index is 0.0192. The van der Waals surface area contributed by atoms with E-state index in [9.17, 15) is 14.4 Å². The van der Waals surface area contributed by atoms with Gasteiger partial charge in [0.1, 0.15) is 0 Å². The molecule has 172 valence electrons. The molecule has 0 saturated heterocycles. The van der Waals surface area contributed by atoms with Crippen LogP contribution in [-0.4, -0.2) is 30.7 Å². The smallest absolute Gasteiger partial charge is 0.350 e. The number of aromatic nitrogens is 4. The number of fused-ring (bicyclic) bond motifs is 3. The van der Waals surface area contributed by atoms with Crippen molar-refractivity contribution in [3.63, 3.8) is 0 Å². The van der Waals surface area contributed by atoms with Crippen LogP contribution in [0.15, 0.2) is 52.1 Å². The number of amides is 1. The van der Waals surface area contributed by atoms with Crippen LogP contribution in [0.4, 0.5) is 0 Å². The molecule has 2 heterocycles. The van der Waals surface area contributed by atoms with Crippen molar-refractivity contribution in [1.29, 1.82) is 0 Å². The Bertz CT molecular complexity index is 1440. The molecule has 1 N–H and O–H groups in total. The first-order valence-electron chi connectivity index (χ1n) is 11.4. The molecule has 0 fully saturated rings. The molecule has 0 saturated carbocycles. The van der Waals surface area contributed by atoms with Gasteiger partial charge < -0.3 is 5.32 Å². The molecule has 1 atom stereocenters. The van der Waals surface area contributed by atoms with Crippen LogP contribution < -0.4 is 16.6 Å². The van der Waals surface area contributed by atoms with Crippen molar-refractivity contribution in [2.45, 2.75) is 59.7 Å². The fourth-order valence-electron chi connectivity index (χ4n) is 3.86. The van der Waals surface area contributed by atoms with Gasteiger partial charge in [0.15, 0.2) is 0 Å². The van der Waals surface area contributed by atoms with Crippen LogP contribution in [0, 0.1) is 6.92 Å². The summed E-state index contributed by atoms with van der Waals surface area (Å²) in [7, 11) is 0. The topological polar surface area (TPSA) is 90.4 Å². The van der Waals surface area contributed by atoms with Crippen LogP contribution in [0.5, 0.6) is 0 Å². The molecule has 1 unspecified atom stereocenters. The van der Waals surface area contributed by atoms with Crippen molar-refractivity contribution in [3.8, 4) is 0 Å². The van der Waals surface area contributed by atoms with Crippen LogP contribution in [0.25, 0.3) is 16.7 Å². The quantitative estimate of drug-likeness (QED) is 0.471. The molecular weight excluding hydrogens is 418 g/mol. The molecule has 0 aliphatic heterocycles. The predicted molar refractivity (Wildman–Crippen MR) is 129 cm³/mol. The Morgan fingerprint density at radius 3 is 2.48 bits per heavy atom. The molecule has 33 heavy (non-hydrogen) atoms. The number of aryl methyl sites for hydroxylation is 2. The molecule has 4 aromatic rings. The largest absolute Gasteiger partial charge is 0.352 e. The van der Waals surface area contributed by atoms with Gasteiger partial charge in [0.05, 0.1) is 17.4 Å². The van der Waals surface area contributed by atoms with Gasteiger partial charge in [-0.2, -0.15) is 0 Å². The lowest BCUT2D eigenvalue weighted by Crippen LogP contribution is -2.32. The van der Waals surface area contributed by atoms with Crippen molar-refractivity contribution >= 4 is 22.6 Å². The third kappa shape index (κ3) is 4.20. The summed E-state index contributed by atoms with van der Waals surface area (Å²) in [5, 5.41) is 7.84. The second kappa shape index (κ2) is 9.05. The van der Waals surface area contributed by atoms with Crippen molar-refractivity contribution < 1.29 is 4.79 Å². The highest BCUT2D eigenvalue weighted by molar-refractivity contribution is 5.98. The van der Waals surface area contributed by atoms with E-state index < -0.39 is 0 Å². The van der Waals surface area contributed by atoms with Crippen molar-refractivity contribution in [2.75, 3.05) is 0 Å². The van der Waals surface area contributed by atoms with E-state index in [1.54, 1.807) is 18.2 Å². The Morgan fingerprint density at radius 1 is 1.09 bits per heavy atom. The monoisotopic (exact) mass is 447 g/mol. The number of carbonyl (C=O) groups excluding carboxylic acids is 1. The van der Waals surface area contributed by atoms with Crippen molar-refractivity contribution in [3.05, 3.63) is 80.0 Å². The Kier molecular flexibility index (Phi) is 6.18. The van der Waals surface area contributed by atoms with Crippen LogP contribution in [0.2, 0.25) is 0 Å². The van der Waals surface area contributed by atoms with Gasteiger partial charge in [0, 0.05) is 18.2 Å². The number of nitrogens with one attached hydrogen (secondary N) is 1. The Labute approximate surface area is 191 Å². The zero-order valence-corrected chi connectivity index (χ0v) is 19.5. The number of hydrogen-bond donors (Lipinski definition) is 1. The van der Waals surface area contributed by atoms with E-state index in [-0.39, 0.29) is 35.5 Å². The van der Waals surface area contributed by atoms with Crippen LogP contribution in [-0.2, 0) is 13.1 Å². The third-order valence-electron chi connectivity index (χ3n) is 5.93. The first-order chi connectivity index (χ1) is 15.8. The molecule has 0 aliphatic carbocycles. The lowest BCUT2D eigenvalue weighted by Gasteiger charge is -2.13. The number of nitrogens with zero attached hydrogens (tertiary/aromatic N) is 4. The maximum absolute atomic E-state index is 13.4. The molecule has 8 heteroatoms. The SMILES string of the molecule is CCCn1c(=O)c2ccc(C(=O)NC(C)CC)cc2n2c(=O)n(Cc3ccc(C)cc3)nc12. The van der Waals surface area contributed by atoms with Crippen LogP contribution in [0.1, 0.15) is 55.1 Å². The summed E-state index contributed by atoms with van der Waals surface area (Å²) in [5.74, 6) is 0.0446. The summed E-state index contributed by atoms with van der Waals surface area (Å²) in [6, 6.07) is 12.8. The zero-order chi connectivity index (χ0) is 23.7. The Balaban J connectivity index is 1.93. The van der Waals surface area contributed by atoms with Gasteiger partial charge in [0.25, 0.3) is 11.5 Å². The molecule has 4 rings (SSSR count). The molecule has 1 amide bonds. The van der Waals surface area contributed by atoms with Crippen LogP contribution in [0.3, 0.4) is 0 Å². The molecule has 0 bridgehead atoms. The molecule has 0 aliphatic rings. The van der Waals surface area contributed by atoms with Gasteiger partial charge in [-0.3, -0.25) is 14.2 Å². The summed E-state index contributed by atoms with van der Waals surface area (Å²) in [6.07, 6.45) is 1.52. The normalized spacial score (nSPS) is 12.4. The van der Waals surface area contributed by atoms with E-state index >= 15 is 0 Å². The molecule has 0 spiro atoms. The fourth-order valence-corrected chi connectivity index (χ4v) is 3.86. The number of hydrogen-bond acceptors (Lipinski definition) is 4. The standard InChI is InChI=1S/C25H29N5O3/c1-5-13-28-23(32)20-12-11-19(22(31)26-17(4)6-2)14-21(20)30-24(28)27-29(25(30)33)15-18-9-7-16(3)8-10-18/h7-12,14,17H,5-6,13,15H2,1-4H3,(H,26,31). The molecule has 2 aromatic heterocycles. The average molecular weight is 448 g/mol. The summed E-state index contributed by atoms with van der Waals surface area (Å²) in [5.41, 5.74) is 2.29. The first kappa shape index (κ1) is 22.5. The average Bonchev–Trinajstić information content (AvgIpc) is 3.13. The first-order valence-corrected chi connectivity index (χ1v) is 11.4. The Hall–Kier alpha value is -3.68. The van der Waals surface area contributed by atoms with E-state index in [2.05, 4.69) is 10.4 Å². The minimum atomic E-state index is -0.347. The minimum Gasteiger partial charge on any atom is -0.350 e. The van der Waals surface area contributed by atoms with Gasteiger partial charge in [-0.1, -0.05) is 43.7 Å². The highest BCUT2D eigenvalue weighted by atomic mass is 16.2. The number of carbonyl (C=O) groups is 1. The van der Waals surface area contributed by atoms with Crippen molar-refractivity contribution in [2.24, 2.45) is 0 Å². The zero-order valence-electron chi connectivity index (χ0n) is 19.5. The second-order valence-corrected chi connectivity index (χ2v) is 8.53. The van der Waals surface area contributed by atoms with Gasteiger partial charge in [-0.05, 0) is 50.5 Å². The van der Waals surface area contributed by atoms with Gasteiger partial charge >= 0.3 is 5.69 Å². The van der Waals surface area contributed by atoms with E-state index in [1.807, 2.05) is 52.0 Å². The van der Waals surface area contributed by atoms with E-state index in [0.29, 0.717) is 23.0 Å². The van der Waals surface area contributed by atoms with Gasteiger partial charge in [0.2, 0.25) is 5.78 Å². The molecule has 2 aromatic carbocycles. The summed E-state index contributed by atoms with van der Waals surface area (Å²) in [6.45, 7) is 8.63. The maximum Gasteiger partial charge on any atom is 0.352 e. The molecule has 8 nitrogen and oxygen atoms in total. The number of rotatable bonds is 7. The summed E-state index contributed by atoms with van der Waals surface area (Å²) in [4.78, 5) is 39.4. The lowest BCUT2D eigenvalue weighted by molar-refractivity contribution is 0.0939. The van der Waals surface area contributed by atoms with E-state index in [0.717, 1.165) is 24.0 Å². The molecule has 0 radical (unpaired) electrons. The number of benzene rings is 2. The lowest BCUT2D eigenvalue weighted by atomic mass is 10.1. The molecular formula is C25H29N5O3. The van der Waals surface area contributed by atoms with Gasteiger partial charge in [-0.25, -0.2) is 13.9 Å². The van der Waals surface area contributed by atoms with E-state index in [1.165, 1.54) is 13.6 Å². The summed E-state index contributed by atoms with van der Waals surface area (Å²) >= 11 is 0. The second-order valence-electron chi connectivity index (χ2n) is 8.53. The van der Waals surface area contributed by atoms with Gasteiger partial charge in [-0.15, -0.1) is 5.10 Å². The predicted octanol–water partition coefficient (Wildman–Crippen LogP) is 3.11. The third-order valence-corrected chi connectivity index (χ3v) is 5.93. The van der Waals surface area contributed by atoms with Crippen molar-refractivity contribution in [1.82, 2.24) is 24.1 Å².